The van der Waals surface area contributed by atoms with E-state index in [1.807, 2.05) is 24.3 Å². The van der Waals surface area contributed by atoms with Crippen LogP contribution in [-0.2, 0) is 0 Å². The van der Waals surface area contributed by atoms with E-state index in [0.29, 0.717) is 11.6 Å². The molecule has 1 aromatic carbocycles. The monoisotopic (exact) mass is 262 g/mol. The first-order valence-electron chi connectivity index (χ1n) is 5.76. The summed E-state index contributed by atoms with van der Waals surface area (Å²) in [6.07, 6.45) is 2.74. The third-order valence-electron chi connectivity index (χ3n) is 2.94. The lowest BCUT2D eigenvalue weighted by atomic mass is 9.90. The molecule has 3 nitrogen and oxygen atoms in total. The fourth-order valence-corrected chi connectivity index (χ4v) is 2.16. The van der Waals surface area contributed by atoms with Gasteiger partial charge < -0.3 is 10.8 Å². The molecule has 0 amide bonds. The molecule has 2 atom stereocenters. The summed E-state index contributed by atoms with van der Waals surface area (Å²) >= 11 is 5.93. The Balaban J connectivity index is 2.28. The van der Waals surface area contributed by atoms with E-state index in [9.17, 15) is 5.11 Å². The number of aliphatic hydroxyl groups is 1. The quantitative estimate of drug-likeness (QED) is 0.890. The highest BCUT2D eigenvalue weighted by Crippen LogP contribution is 2.30. The van der Waals surface area contributed by atoms with E-state index in [1.165, 1.54) is 0 Å². The molecule has 18 heavy (non-hydrogen) atoms. The van der Waals surface area contributed by atoms with Crippen LogP contribution >= 0.6 is 11.6 Å². The lowest BCUT2D eigenvalue weighted by Crippen LogP contribution is -2.20. The molecule has 4 heteroatoms. The third-order valence-corrected chi connectivity index (χ3v) is 3.17. The molecule has 0 radical (unpaired) electrons. The van der Waals surface area contributed by atoms with Crippen molar-refractivity contribution in [2.45, 2.75) is 12.0 Å². The summed E-state index contributed by atoms with van der Waals surface area (Å²) in [5.74, 6) is -0.183. The van der Waals surface area contributed by atoms with Gasteiger partial charge in [-0.25, -0.2) is 0 Å². The first-order chi connectivity index (χ1) is 8.72. The van der Waals surface area contributed by atoms with E-state index in [2.05, 4.69) is 4.98 Å². The van der Waals surface area contributed by atoms with Crippen molar-refractivity contribution in [3.63, 3.8) is 0 Å². The molecule has 1 heterocycles. The molecule has 0 fully saturated rings. The number of nitrogens with zero attached hydrogens (tertiary/aromatic N) is 1. The maximum absolute atomic E-state index is 10.4. The Morgan fingerprint density at radius 3 is 2.61 bits per heavy atom. The minimum absolute atomic E-state index is 0.183. The normalized spacial score (nSPS) is 14.2. The predicted molar refractivity (Wildman–Crippen MR) is 72.4 cm³/mol. The number of aromatic nitrogens is 1. The van der Waals surface area contributed by atoms with Gasteiger partial charge in [-0.2, -0.15) is 0 Å². The minimum Gasteiger partial charge on any atom is -0.388 e. The molecular weight excluding hydrogens is 248 g/mol. The Morgan fingerprint density at radius 1 is 1.22 bits per heavy atom. The van der Waals surface area contributed by atoms with E-state index in [0.717, 1.165) is 11.1 Å². The zero-order valence-electron chi connectivity index (χ0n) is 9.83. The Hall–Kier alpha value is -1.42. The van der Waals surface area contributed by atoms with Crippen molar-refractivity contribution in [2.24, 2.45) is 5.73 Å². The smallest absolute Gasteiger partial charge is 0.0871 e. The highest BCUT2D eigenvalue weighted by molar-refractivity contribution is 6.30. The van der Waals surface area contributed by atoms with Crippen molar-refractivity contribution in [1.82, 2.24) is 4.98 Å². The summed E-state index contributed by atoms with van der Waals surface area (Å²) < 4.78 is 0. The fourth-order valence-electron chi connectivity index (χ4n) is 1.97. The molecule has 1 aromatic heterocycles. The van der Waals surface area contributed by atoms with E-state index in [1.54, 1.807) is 24.5 Å². The van der Waals surface area contributed by atoms with Gasteiger partial charge >= 0.3 is 0 Å². The van der Waals surface area contributed by atoms with Gasteiger partial charge in [-0.15, -0.1) is 0 Å². The molecule has 0 bridgehead atoms. The number of benzene rings is 1. The van der Waals surface area contributed by atoms with Crippen LogP contribution in [-0.4, -0.2) is 16.6 Å². The molecule has 0 saturated carbocycles. The molecule has 0 saturated heterocycles. The molecule has 0 aliphatic heterocycles. The third kappa shape index (κ3) is 2.88. The van der Waals surface area contributed by atoms with E-state index < -0.39 is 6.10 Å². The summed E-state index contributed by atoms with van der Waals surface area (Å²) in [7, 11) is 0. The van der Waals surface area contributed by atoms with Gasteiger partial charge in [0.2, 0.25) is 0 Å². The van der Waals surface area contributed by atoms with Crippen LogP contribution in [0.15, 0.2) is 48.8 Å². The Bertz CT molecular complexity index is 504. The number of aliphatic hydroxyl groups excluding tert-OH is 1. The number of hydrogen-bond donors (Lipinski definition) is 2. The van der Waals surface area contributed by atoms with Crippen molar-refractivity contribution in [1.29, 1.82) is 0 Å². The average Bonchev–Trinajstić information content (AvgIpc) is 2.41. The highest BCUT2D eigenvalue weighted by atomic mass is 35.5. The van der Waals surface area contributed by atoms with E-state index in [-0.39, 0.29) is 5.92 Å². The van der Waals surface area contributed by atoms with Crippen LogP contribution in [0.4, 0.5) is 0 Å². The second-order valence-corrected chi connectivity index (χ2v) is 4.56. The molecule has 2 aromatic rings. The van der Waals surface area contributed by atoms with Crippen molar-refractivity contribution in [3.05, 3.63) is 64.9 Å². The van der Waals surface area contributed by atoms with Gasteiger partial charge in [0, 0.05) is 29.9 Å². The second kappa shape index (κ2) is 5.96. The number of rotatable bonds is 4. The van der Waals surface area contributed by atoms with Crippen molar-refractivity contribution in [3.8, 4) is 0 Å². The van der Waals surface area contributed by atoms with Crippen LogP contribution < -0.4 is 5.73 Å². The molecule has 2 rings (SSSR count). The molecule has 3 N–H and O–H groups in total. The van der Waals surface area contributed by atoms with Crippen LogP contribution in [0.2, 0.25) is 5.02 Å². The van der Waals surface area contributed by atoms with Crippen LogP contribution in [0.5, 0.6) is 0 Å². The average molecular weight is 263 g/mol. The zero-order chi connectivity index (χ0) is 13.0. The SMILES string of the molecule is NCC(c1cccnc1)C(O)c1cccc(Cl)c1. The largest absolute Gasteiger partial charge is 0.388 e. The van der Waals surface area contributed by atoms with Crippen LogP contribution in [0.1, 0.15) is 23.1 Å². The van der Waals surface area contributed by atoms with Crippen molar-refractivity contribution in [2.75, 3.05) is 6.54 Å². The van der Waals surface area contributed by atoms with Gasteiger partial charge in [0.25, 0.3) is 0 Å². The topological polar surface area (TPSA) is 59.1 Å². The number of pyridine rings is 1. The van der Waals surface area contributed by atoms with Gasteiger partial charge in [0.15, 0.2) is 0 Å². The fraction of sp³-hybridized carbons (Fsp3) is 0.214. The van der Waals surface area contributed by atoms with Crippen LogP contribution in [0, 0.1) is 0 Å². The maximum atomic E-state index is 10.4. The van der Waals surface area contributed by atoms with Crippen LogP contribution in [0.25, 0.3) is 0 Å². The molecule has 0 aliphatic carbocycles. The van der Waals surface area contributed by atoms with Gasteiger partial charge in [-0.1, -0.05) is 29.8 Å². The number of halogens is 1. The maximum Gasteiger partial charge on any atom is 0.0871 e. The minimum atomic E-state index is -0.683. The van der Waals surface area contributed by atoms with Gasteiger partial charge in [-0.05, 0) is 29.3 Å². The molecule has 0 spiro atoms. The Morgan fingerprint density at radius 2 is 2.00 bits per heavy atom. The first-order valence-corrected chi connectivity index (χ1v) is 6.13. The summed E-state index contributed by atoms with van der Waals surface area (Å²) in [6.45, 7) is 0.347. The van der Waals surface area contributed by atoms with Gasteiger partial charge in [0.1, 0.15) is 0 Å². The molecule has 94 valence electrons. The second-order valence-electron chi connectivity index (χ2n) is 4.13. The summed E-state index contributed by atoms with van der Waals surface area (Å²) in [6, 6.07) is 10.9. The lowest BCUT2D eigenvalue weighted by molar-refractivity contribution is 0.147. The zero-order valence-corrected chi connectivity index (χ0v) is 10.6. The standard InChI is InChI=1S/C14H15ClN2O/c15-12-5-1-3-10(7-12)14(18)13(8-16)11-4-2-6-17-9-11/h1-7,9,13-14,18H,8,16H2. The summed E-state index contributed by atoms with van der Waals surface area (Å²) in [5, 5.41) is 11.0. The Kier molecular flexibility index (Phi) is 4.31. The van der Waals surface area contributed by atoms with Crippen molar-refractivity contribution >= 4 is 11.6 Å². The lowest BCUT2D eigenvalue weighted by Gasteiger charge is -2.22. The van der Waals surface area contributed by atoms with Crippen LogP contribution in [0.3, 0.4) is 0 Å². The van der Waals surface area contributed by atoms with Gasteiger partial charge in [0.05, 0.1) is 6.10 Å². The van der Waals surface area contributed by atoms with Crippen molar-refractivity contribution < 1.29 is 5.11 Å². The Labute approximate surface area is 111 Å². The first kappa shape index (κ1) is 13.0. The van der Waals surface area contributed by atoms with Gasteiger partial charge in [-0.3, -0.25) is 4.98 Å². The highest BCUT2D eigenvalue weighted by Gasteiger charge is 2.21. The predicted octanol–water partition coefficient (Wildman–Crippen LogP) is 2.51. The molecule has 0 aliphatic rings. The number of hydrogen-bond acceptors (Lipinski definition) is 3. The number of nitrogens with two attached hydrogens (primary N) is 1. The molecular formula is C14H15ClN2O. The summed E-state index contributed by atoms with van der Waals surface area (Å²) in [5.41, 5.74) is 7.45. The van der Waals surface area contributed by atoms with E-state index >= 15 is 0 Å². The van der Waals surface area contributed by atoms with E-state index in [4.69, 9.17) is 17.3 Å². The summed E-state index contributed by atoms with van der Waals surface area (Å²) in [4.78, 5) is 4.05. The molecule has 2 unspecified atom stereocenters.